The Morgan fingerprint density at radius 3 is 2.59 bits per heavy atom. The number of carbonyl (C=O) groups is 1. The first-order valence-electron chi connectivity index (χ1n) is 6.68. The molecule has 2 aromatic rings. The van der Waals surface area contributed by atoms with E-state index in [2.05, 4.69) is 5.48 Å². The number of ether oxygens (including phenoxy) is 1. The number of halogens is 1. The molecule has 0 aliphatic rings. The van der Waals surface area contributed by atoms with Gasteiger partial charge >= 0.3 is 5.97 Å². The fourth-order valence-electron chi connectivity index (χ4n) is 1.91. The van der Waals surface area contributed by atoms with Crippen LogP contribution in [0.5, 0.6) is 5.75 Å². The second-order valence-electron chi connectivity index (χ2n) is 4.61. The summed E-state index contributed by atoms with van der Waals surface area (Å²) in [6.45, 7) is 0. The molecule has 0 aromatic heterocycles. The molecule has 0 heterocycles. The number of nitrogens with two attached hydrogens (primary N) is 1. The number of rotatable bonds is 6. The Bertz CT molecular complexity index is 632. The van der Waals surface area contributed by atoms with Gasteiger partial charge < -0.3 is 15.3 Å². The molecular weight excluding hydrogens is 304 g/mol. The molecule has 2 rings (SSSR count). The first kappa shape index (κ1) is 16.3. The van der Waals surface area contributed by atoms with Gasteiger partial charge in [0.25, 0.3) is 0 Å². The average Bonchev–Trinajstić information content (AvgIpc) is 2.54. The van der Waals surface area contributed by atoms with Crippen LogP contribution in [0.4, 0.5) is 0 Å². The van der Waals surface area contributed by atoms with Crippen LogP contribution in [0.15, 0.2) is 48.5 Å². The van der Waals surface area contributed by atoms with Crippen LogP contribution in [0.1, 0.15) is 17.3 Å². The monoisotopic (exact) mass is 320 g/mol. The third-order valence-corrected chi connectivity index (χ3v) is 3.31. The molecule has 1 unspecified atom stereocenters. The Morgan fingerprint density at radius 2 is 1.91 bits per heavy atom. The van der Waals surface area contributed by atoms with Crippen molar-refractivity contribution in [2.24, 2.45) is 5.73 Å². The minimum atomic E-state index is -0.626. The smallest absolute Gasteiger partial charge is 0.329 e. The van der Waals surface area contributed by atoms with Crippen LogP contribution in [0.3, 0.4) is 0 Å². The van der Waals surface area contributed by atoms with Crippen molar-refractivity contribution in [2.45, 2.75) is 12.6 Å². The van der Waals surface area contributed by atoms with Gasteiger partial charge in [-0.15, -0.1) is 5.48 Å². The molecule has 0 fully saturated rings. The Morgan fingerprint density at radius 1 is 1.23 bits per heavy atom. The molecule has 3 N–H and O–H groups in total. The zero-order valence-electron chi connectivity index (χ0n) is 12.1. The fraction of sp³-hybridized carbons (Fsp3) is 0.188. The lowest BCUT2D eigenvalue weighted by atomic mass is 10.1. The van der Waals surface area contributed by atoms with Crippen LogP contribution in [-0.4, -0.2) is 13.1 Å². The molecular formula is C16H17ClN2O3. The number of hydrogen-bond donors (Lipinski definition) is 2. The van der Waals surface area contributed by atoms with Crippen molar-refractivity contribution in [1.29, 1.82) is 0 Å². The molecule has 0 amide bonds. The van der Waals surface area contributed by atoms with Gasteiger partial charge in [-0.3, -0.25) is 4.79 Å². The summed E-state index contributed by atoms with van der Waals surface area (Å²) in [6, 6.07) is 14.2. The summed E-state index contributed by atoms with van der Waals surface area (Å²) in [5.41, 5.74) is 9.91. The lowest BCUT2D eigenvalue weighted by Gasteiger charge is -2.14. The summed E-state index contributed by atoms with van der Waals surface area (Å²) < 4.78 is 5.19. The molecule has 6 heteroatoms. The maximum atomic E-state index is 11.9. The maximum absolute atomic E-state index is 11.9. The molecule has 0 aliphatic carbocycles. The summed E-state index contributed by atoms with van der Waals surface area (Å²) in [4.78, 5) is 16.8. The van der Waals surface area contributed by atoms with Gasteiger partial charge in [0.15, 0.2) is 0 Å². The number of hydrogen-bond acceptors (Lipinski definition) is 5. The van der Waals surface area contributed by atoms with Crippen molar-refractivity contribution in [3.8, 4) is 5.75 Å². The quantitative estimate of drug-likeness (QED) is 0.632. The number of para-hydroxylation sites is 1. The van der Waals surface area contributed by atoms with Crippen LogP contribution < -0.4 is 16.0 Å². The van der Waals surface area contributed by atoms with Crippen molar-refractivity contribution in [3.63, 3.8) is 0 Å². The van der Waals surface area contributed by atoms with E-state index in [9.17, 15) is 4.79 Å². The summed E-state index contributed by atoms with van der Waals surface area (Å²) in [5, 5.41) is 0.615. The van der Waals surface area contributed by atoms with Crippen LogP contribution in [0, 0.1) is 0 Å². The molecule has 2 aromatic carbocycles. The highest BCUT2D eigenvalue weighted by Crippen LogP contribution is 2.18. The van der Waals surface area contributed by atoms with Crippen molar-refractivity contribution in [1.82, 2.24) is 5.48 Å². The van der Waals surface area contributed by atoms with Crippen molar-refractivity contribution in [2.75, 3.05) is 7.11 Å². The third kappa shape index (κ3) is 4.46. The Kier molecular flexibility index (Phi) is 5.77. The molecule has 22 heavy (non-hydrogen) atoms. The van der Waals surface area contributed by atoms with Gasteiger partial charge in [0.2, 0.25) is 0 Å². The van der Waals surface area contributed by atoms with Crippen LogP contribution in [-0.2, 0) is 16.1 Å². The van der Waals surface area contributed by atoms with Gasteiger partial charge in [0, 0.05) is 10.6 Å². The van der Waals surface area contributed by atoms with E-state index < -0.39 is 12.1 Å². The van der Waals surface area contributed by atoms with Crippen LogP contribution in [0.2, 0.25) is 5.02 Å². The Labute approximate surface area is 133 Å². The second kappa shape index (κ2) is 7.79. The standard InChI is InChI=1S/C16H17ClN2O3/c1-21-14-5-3-2-4-12(14)10-15(20)22-19-16(18)11-6-8-13(17)9-7-11/h2-9,16,19H,10,18H2,1H3. The minimum absolute atomic E-state index is 0.0876. The highest BCUT2D eigenvalue weighted by Gasteiger charge is 2.12. The Balaban J connectivity index is 1.88. The average molecular weight is 321 g/mol. The van der Waals surface area contributed by atoms with Gasteiger partial charge in [-0.1, -0.05) is 41.9 Å². The van der Waals surface area contributed by atoms with Crippen molar-refractivity contribution < 1.29 is 14.4 Å². The van der Waals surface area contributed by atoms with Crippen LogP contribution >= 0.6 is 11.6 Å². The van der Waals surface area contributed by atoms with Gasteiger partial charge in [-0.05, 0) is 23.8 Å². The molecule has 0 saturated carbocycles. The van der Waals surface area contributed by atoms with Gasteiger partial charge in [-0.2, -0.15) is 0 Å². The number of nitrogens with one attached hydrogen (secondary N) is 1. The normalized spacial score (nSPS) is 11.8. The minimum Gasteiger partial charge on any atom is -0.496 e. The SMILES string of the molecule is COc1ccccc1CC(=O)ONC(N)c1ccc(Cl)cc1. The van der Waals surface area contributed by atoms with E-state index in [4.69, 9.17) is 26.9 Å². The summed E-state index contributed by atoms with van der Waals surface area (Å²) >= 11 is 5.80. The molecule has 0 bridgehead atoms. The third-order valence-electron chi connectivity index (χ3n) is 3.06. The molecule has 0 spiro atoms. The highest BCUT2D eigenvalue weighted by molar-refractivity contribution is 6.30. The lowest BCUT2D eigenvalue weighted by Crippen LogP contribution is -2.31. The highest BCUT2D eigenvalue weighted by atomic mass is 35.5. The van der Waals surface area contributed by atoms with E-state index in [0.29, 0.717) is 10.8 Å². The van der Waals surface area contributed by atoms with E-state index in [1.54, 1.807) is 43.5 Å². The van der Waals surface area contributed by atoms with Gasteiger partial charge in [-0.25, -0.2) is 0 Å². The van der Waals surface area contributed by atoms with E-state index in [1.165, 1.54) is 0 Å². The number of benzene rings is 2. The summed E-state index contributed by atoms with van der Waals surface area (Å²) in [6.07, 6.45) is -0.538. The summed E-state index contributed by atoms with van der Waals surface area (Å²) in [7, 11) is 1.55. The first-order chi connectivity index (χ1) is 10.6. The molecule has 0 saturated heterocycles. The zero-order chi connectivity index (χ0) is 15.9. The predicted molar refractivity (Wildman–Crippen MR) is 84.3 cm³/mol. The van der Waals surface area contributed by atoms with Crippen molar-refractivity contribution in [3.05, 3.63) is 64.7 Å². The van der Waals surface area contributed by atoms with Crippen molar-refractivity contribution >= 4 is 17.6 Å². The number of methoxy groups -OCH3 is 1. The molecule has 1 atom stereocenters. The van der Waals surface area contributed by atoms with E-state index in [1.807, 2.05) is 12.1 Å². The largest absolute Gasteiger partial charge is 0.496 e. The topological polar surface area (TPSA) is 73.6 Å². The molecule has 5 nitrogen and oxygen atoms in total. The van der Waals surface area contributed by atoms with E-state index >= 15 is 0 Å². The maximum Gasteiger partial charge on any atom is 0.329 e. The van der Waals surface area contributed by atoms with E-state index in [0.717, 1.165) is 11.1 Å². The zero-order valence-corrected chi connectivity index (χ0v) is 12.8. The number of carbonyl (C=O) groups excluding carboxylic acids is 1. The Hall–Kier alpha value is -2.08. The van der Waals surface area contributed by atoms with Crippen LogP contribution in [0.25, 0.3) is 0 Å². The second-order valence-corrected chi connectivity index (χ2v) is 5.05. The molecule has 0 radical (unpaired) electrons. The summed E-state index contributed by atoms with van der Waals surface area (Å²) in [5.74, 6) is 0.190. The fourth-order valence-corrected chi connectivity index (χ4v) is 2.03. The predicted octanol–water partition coefficient (Wildman–Crippen LogP) is 2.60. The first-order valence-corrected chi connectivity index (χ1v) is 7.06. The van der Waals surface area contributed by atoms with E-state index in [-0.39, 0.29) is 6.42 Å². The lowest BCUT2D eigenvalue weighted by molar-refractivity contribution is -0.152. The van der Waals surface area contributed by atoms with Gasteiger partial charge in [0.1, 0.15) is 11.9 Å². The molecule has 0 aliphatic heterocycles. The molecule has 116 valence electrons. The number of hydroxylamine groups is 1. The van der Waals surface area contributed by atoms with Gasteiger partial charge in [0.05, 0.1) is 13.5 Å².